The standard InChI is InChI=1S/C12H14F2N6/c13-11(14)10(20-7-9(15)6-18-20)8-4-16-12(17-5-8)19-2-1-3-19/h4-7,10-11H,1-3,15H2. The van der Waals surface area contributed by atoms with E-state index in [1.54, 1.807) is 0 Å². The van der Waals surface area contributed by atoms with Gasteiger partial charge in [0, 0.05) is 37.2 Å². The highest BCUT2D eigenvalue weighted by atomic mass is 19.3. The summed E-state index contributed by atoms with van der Waals surface area (Å²) in [6.07, 6.45) is 4.06. The molecule has 0 bridgehead atoms. The molecule has 6 nitrogen and oxygen atoms in total. The van der Waals surface area contributed by atoms with Crippen molar-refractivity contribution < 1.29 is 8.78 Å². The van der Waals surface area contributed by atoms with E-state index in [0.29, 0.717) is 17.2 Å². The highest BCUT2D eigenvalue weighted by Gasteiger charge is 2.26. The van der Waals surface area contributed by atoms with Crippen molar-refractivity contribution in [1.82, 2.24) is 19.7 Å². The minimum Gasteiger partial charge on any atom is -0.396 e. The van der Waals surface area contributed by atoms with Crippen LogP contribution in [0.3, 0.4) is 0 Å². The highest BCUT2D eigenvalue weighted by Crippen LogP contribution is 2.25. The number of nitrogens with two attached hydrogens (primary N) is 1. The second kappa shape index (κ2) is 5.03. The van der Waals surface area contributed by atoms with Crippen LogP contribution in [0, 0.1) is 0 Å². The number of alkyl halides is 2. The van der Waals surface area contributed by atoms with E-state index in [9.17, 15) is 8.78 Å². The molecule has 2 aromatic heterocycles. The van der Waals surface area contributed by atoms with Crippen molar-refractivity contribution in [3.8, 4) is 0 Å². The molecule has 106 valence electrons. The van der Waals surface area contributed by atoms with Gasteiger partial charge in [0.05, 0.1) is 11.9 Å². The van der Waals surface area contributed by atoms with E-state index in [2.05, 4.69) is 15.1 Å². The molecule has 20 heavy (non-hydrogen) atoms. The smallest absolute Gasteiger partial charge is 0.264 e. The Bertz CT molecular complexity index is 578. The monoisotopic (exact) mass is 280 g/mol. The molecular formula is C12H14F2N6. The van der Waals surface area contributed by atoms with Crippen LogP contribution in [0.2, 0.25) is 0 Å². The molecule has 0 saturated carbocycles. The van der Waals surface area contributed by atoms with Crippen molar-refractivity contribution in [3.63, 3.8) is 0 Å². The maximum absolute atomic E-state index is 13.2. The summed E-state index contributed by atoms with van der Waals surface area (Å²) in [4.78, 5) is 10.3. The maximum Gasteiger partial charge on any atom is 0.264 e. The van der Waals surface area contributed by atoms with E-state index in [1.165, 1.54) is 24.8 Å². The average molecular weight is 280 g/mol. The zero-order valence-electron chi connectivity index (χ0n) is 10.7. The number of hydrogen-bond donors (Lipinski definition) is 1. The molecule has 0 spiro atoms. The lowest BCUT2D eigenvalue weighted by Gasteiger charge is -2.30. The minimum absolute atomic E-state index is 0.312. The molecule has 1 fully saturated rings. The topological polar surface area (TPSA) is 72.9 Å². The van der Waals surface area contributed by atoms with Gasteiger partial charge in [-0.25, -0.2) is 18.7 Å². The first kappa shape index (κ1) is 12.8. The van der Waals surface area contributed by atoms with Crippen LogP contribution in [0.25, 0.3) is 0 Å². The molecule has 3 heterocycles. The summed E-state index contributed by atoms with van der Waals surface area (Å²) in [6.45, 7) is 1.82. The number of aromatic nitrogens is 4. The molecule has 8 heteroatoms. The van der Waals surface area contributed by atoms with Crippen LogP contribution in [0.15, 0.2) is 24.8 Å². The van der Waals surface area contributed by atoms with E-state index in [0.717, 1.165) is 24.2 Å². The van der Waals surface area contributed by atoms with Gasteiger partial charge in [0.15, 0.2) is 0 Å². The zero-order chi connectivity index (χ0) is 14.1. The van der Waals surface area contributed by atoms with Gasteiger partial charge in [0.2, 0.25) is 5.95 Å². The van der Waals surface area contributed by atoms with Crippen LogP contribution < -0.4 is 10.6 Å². The number of hydrogen-bond acceptors (Lipinski definition) is 5. The van der Waals surface area contributed by atoms with Gasteiger partial charge >= 0.3 is 0 Å². The highest BCUT2D eigenvalue weighted by molar-refractivity contribution is 5.34. The van der Waals surface area contributed by atoms with Gasteiger partial charge in [0.25, 0.3) is 6.43 Å². The fourth-order valence-electron chi connectivity index (χ4n) is 2.08. The van der Waals surface area contributed by atoms with Gasteiger partial charge in [-0.3, -0.25) is 4.68 Å². The minimum atomic E-state index is -2.62. The molecule has 0 aromatic carbocycles. The molecule has 2 N–H and O–H groups in total. The van der Waals surface area contributed by atoms with Crippen molar-refractivity contribution in [2.24, 2.45) is 0 Å². The Morgan fingerprint density at radius 1 is 1.15 bits per heavy atom. The Kier molecular flexibility index (Phi) is 3.21. The maximum atomic E-state index is 13.2. The predicted octanol–water partition coefficient (Wildman–Crippen LogP) is 1.32. The number of rotatable bonds is 4. The quantitative estimate of drug-likeness (QED) is 0.914. The Balaban J connectivity index is 1.87. The average Bonchev–Trinajstić information content (AvgIpc) is 2.75. The number of anilines is 2. The summed E-state index contributed by atoms with van der Waals surface area (Å²) in [6, 6.07) is -1.22. The first-order chi connectivity index (χ1) is 9.65. The number of halogens is 2. The fourth-order valence-corrected chi connectivity index (χ4v) is 2.08. The lowest BCUT2D eigenvalue weighted by molar-refractivity contribution is 0.0951. The first-order valence-electron chi connectivity index (χ1n) is 6.30. The molecule has 1 atom stereocenters. The molecule has 3 rings (SSSR count). The van der Waals surface area contributed by atoms with Crippen LogP contribution in [0.1, 0.15) is 18.0 Å². The molecule has 0 aliphatic carbocycles. The second-order valence-corrected chi connectivity index (χ2v) is 4.69. The van der Waals surface area contributed by atoms with Gasteiger partial charge in [0.1, 0.15) is 6.04 Å². The van der Waals surface area contributed by atoms with Crippen LogP contribution in [0.4, 0.5) is 20.4 Å². The third-order valence-corrected chi connectivity index (χ3v) is 3.28. The van der Waals surface area contributed by atoms with Gasteiger partial charge in [-0.1, -0.05) is 0 Å². The van der Waals surface area contributed by atoms with Crippen molar-refractivity contribution in [1.29, 1.82) is 0 Å². The van der Waals surface area contributed by atoms with Crippen LogP contribution in [-0.4, -0.2) is 39.3 Å². The van der Waals surface area contributed by atoms with Gasteiger partial charge in [-0.15, -0.1) is 0 Å². The van der Waals surface area contributed by atoms with Gasteiger partial charge in [-0.2, -0.15) is 5.10 Å². The molecule has 0 amide bonds. The first-order valence-corrected chi connectivity index (χ1v) is 6.30. The van der Waals surface area contributed by atoms with Gasteiger partial charge < -0.3 is 10.6 Å². The zero-order valence-corrected chi connectivity index (χ0v) is 10.7. The number of nitrogens with zero attached hydrogens (tertiary/aromatic N) is 5. The summed E-state index contributed by atoms with van der Waals surface area (Å²) >= 11 is 0. The molecule has 1 unspecified atom stereocenters. The predicted molar refractivity (Wildman–Crippen MR) is 69.6 cm³/mol. The molecule has 1 saturated heterocycles. The van der Waals surface area contributed by atoms with Crippen LogP contribution >= 0.6 is 0 Å². The Labute approximate surface area is 114 Å². The Morgan fingerprint density at radius 3 is 2.30 bits per heavy atom. The normalized spacial score (nSPS) is 16.2. The third kappa shape index (κ3) is 2.28. The van der Waals surface area contributed by atoms with Crippen LogP contribution in [0.5, 0.6) is 0 Å². The lowest BCUT2D eigenvalue weighted by atomic mass is 10.1. The second-order valence-electron chi connectivity index (χ2n) is 4.69. The molecular weight excluding hydrogens is 266 g/mol. The summed E-state index contributed by atoms with van der Waals surface area (Å²) < 4.78 is 27.6. The fraction of sp³-hybridized carbons (Fsp3) is 0.417. The summed E-state index contributed by atoms with van der Waals surface area (Å²) in [5, 5.41) is 3.84. The molecule has 1 aliphatic rings. The number of nitrogen functional groups attached to an aromatic ring is 1. The van der Waals surface area contributed by atoms with E-state index >= 15 is 0 Å². The van der Waals surface area contributed by atoms with Gasteiger partial charge in [-0.05, 0) is 6.42 Å². The van der Waals surface area contributed by atoms with E-state index in [1.807, 2.05) is 4.90 Å². The summed E-state index contributed by atoms with van der Waals surface area (Å²) in [7, 11) is 0. The van der Waals surface area contributed by atoms with Crippen molar-refractivity contribution in [3.05, 3.63) is 30.4 Å². The SMILES string of the molecule is Nc1cnn(C(c2cnc(N3CCC3)nc2)C(F)F)c1. The van der Waals surface area contributed by atoms with E-state index in [-0.39, 0.29) is 0 Å². The van der Waals surface area contributed by atoms with Crippen molar-refractivity contribution in [2.45, 2.75) is 18.9 Å². The summed E-state index contributed by atoms with van der Waals surface area (Å²) in [5.41, 5.74) is 6.17. The van der Waals surface area contributed by atoms with E-state index in [4.69, 9.17) is 5.73 Å². The Morgan fingerprint density at radius 2 is 1.85 bits per heavy atom. The van der Waals surface area contributed by atoms with Crippen molar-refractivity contribution >= 4 is 11.6 Å². The molecule has 2 aromatic rings. The largest absolute Gasteiger partial charge is 0.396 e. The third-order valence-electron chi connectivity index (χ3n) is 3.28. The van der Waals surface area contributed by atoms with Crippen molar-refractivity contribution in [2.75, 3.05) is 23.7 Å². The van der Waals surface area contributed by atoms with E-state index < -0.39 is 12.5 Å². The van der Waals surface area contributed by atoms with Crippen LogP contribution in [-0.2, 0) is 0 Å². The Hall–Kier alpha value is -2.25. The molecule has 0 radical (unpaired) electrons. The molecule has 1 aliphatic heterocycles. The lowest BCUT2D eigenvalue weighted by Crippen LogP contribution is -2.38. The summed E-state index contributed by atoms with van der Waals surface area (Å²) in [5.74, 6) is 0.577.